The van der Waals surface area contributed by atoms with Crippen LogP contribution in [0.4, 0.5) is 5.69 Å². The van der Waals surface area contributed by atoms with Crippen molar-refractivity contribution in [3.63, 3.8) is 0 Å². The zero-order valence-corrected chi connectivity index (χ0v) is 20.5. The van der Waals surface area contributed by atoms with E-state index in [4.69, 9.17) is 0 Å². The molecule has 0 atom stereocenters. The summed E-state index contributed by atoms with van der Waals surface area (Å²) < 4.78 is 0. The second-order valence-corrected chi connectivity index (χ2v) is 7.28. The molecule has 2 rings (SSSR count). The van der Waals surface area contributed by atoms with E-state index in [0.717, 1.165) is 6.42 Å². The molecule has 4 heteroatoms. The smallest absolute Gasteiger partial charge is 0.668 e. The standard InChI is InChI=1S/C18H24N.2C2H6N.Zr/c1-13-11-16(12-15-9-7-6-8-10-15)14(2)17(13)19-18(3,4)5;2*1-3-2;/h6-11,19H,12H2,1-5H3;2*1-2H3;/q3*-1;+3. The van der Waals surface area contributed by atoms with Crippen molar-refractivity contribution >= 4 is 5.69 Å². The Morgan fingerprint density at radius 3 is 1.85 bits per heavy atom. The van der Waals surface area contributed by atoms with Crippen LogP contribution in [0.1, 0.15) is 43.0 Å². The second kappa shape index (κ2) is 14.3. The number of hydrogen-bond donors (Lipinski definition) is 1. The third kappa shape index (κ3) is 11.0. The van der Waals surface area contributed by atoms with Crippen molar-refractivity contribution in [2.75, 3.05) is 33.5 Å². The maximum Gasteiger partial charge on any atom is 3.00 e. The molecule has 0 saturated heterocycles. The van der Waals surface area contributed by atoms with E-state index < -0.39 is 0 Å². The van der Waals surface area contributed by atoms with Crippen LogP contribution in [0.15, 0.2) is 36.4 Å². The SMILES string of the molecule is C[N-]C.C[N-]C.Cc1c(Cc2ccccc2)c[c-](C)c1NC(C)(C)C.[Zr+3]. The molecule has 0 unspecified atom stereocenters. The molecule has 3 nitrogen and oxygen atoms in total. The molecule has 1 N–H and O–H groups in total. The molecule has 143 valence electrons. The number of hydrogen-bond acceptors (Lipinski definition) is 1. The fourth-order valence-electron chi connectivity index (χ4n) is 2.46. The molecule has 2 aromatic carbocycles. The number of nitrogens with one attached hydrogen (secondary N) is 1. The third-order valence-corrected chi connectivity index (χ3v) is 3.38. The molecule has 2 aromatic rings. The molecule has 0 fully saturated rings. The van der Waals surface area contributed by atoms with Gasteiger partial charge >= 0.3 is 26.2 Å². The van der Waals surface area contributed by atoms with Crippen molar-refractivity contribution in [1.29, 1.82) is 0 Å². The van der Waals surface area contributed by atoms with Crippen molar-refractivity contribution in [3.8, 4) is 0 Å². The minimum absolute atomic E-state index is 0. The maximum absolute atomic E-state index is 3.62. The summed E-state index contributed by atoms with van der Waals surface area (Å²) >= 11 is 0. The molecule has 0 aromatic heterocycles. The van der Waals surface area contributed by atoms with Gasteiger partial charge in [-0.1, -0.05) is 61.9 Å². The zero-order valence-electron chi connectivity index (χ0n) is 18.1. The van der Waals surface area contributed by atoms with Gasteiger partial charge in [0, 0.05) is 5.54 Å². The topological polar surface area (TPSA) is 40.2 Å². The van der Waals surface area contributed by atoms with E-state index in [2.05, 4.69) is 87.0 Å². The van der Waals surface area contributed by atoms with Crippen LogP contribution in [0, 0.1) is 13.8 Å². The summed E-state index contributed by atoms with van der Waals surface area (Å²) in [6, 6.07) is 13.0. The molecule has 0 aliphatic heterocycles. The first-order chi connectivity index (χ1) is 11.7. The summed E-state index contributed by atoms with van der Waals surface area (Å²) in [7, 11) is 7.00. The van der Waals surface area contributed by atoms with Gasteiger partial charge in [-0.25, -0.2) is 0 Å². The van der Waals surface area contributed by atoms with Crippen LogP contribution < -0.4 is 5.32 Å². The van der Waals surface area contributed by atoms with E-state index in [-0.39, 0.29) is 31.7 Å². The summed E-state index contributed by atoms with van der Waals surface area (Å²) in [6.45, 7) is 11.0. The molecule has 0 spiro atoms. The van der Waals surface area contributed by atoms with Crippen molar-refractivity contribution in [2.24, 2.45) is 0 Å². The van der Waals surface area contributed by atoms with Gasteiger partial charge in [-0.05, 0) is 20.8 Å². The van der Waals surface area contributed by atoms with Crippen molar-refractivity contribution in [2.45, 2.75) is 46.6 Å². The second-order valence-electron chi connectivity index (χ2n) is 7.28. The van der Waals surface area contributed by atoms with Crippen LogP contribution >= 0.6 is 0 Å². The number of anilines is 1. The summed E-state index contributed by atoms with van der Waals surface area (Å²) in [5.74, 6) is 0. The Hall–Kier alpha value is -0.827. The van der Waals surface area contributed by atoms with Crippen molar-refractivity contribution in [3.05, 3.63) is 69.3 Å². The van der Waals surface area contributed by atoms with Crippen molar-refractivity contribution in [1.82, 2.24) is 0 Å². The van der Waals surface area contributed by atoms with Gasteiger partial charge in [0.2, 0.25) is 0 Å². The number of nitrogens with zero attached hydrogens (tertiary/aromatic N) is 2. The van der Waals surface area contributed by atoms with Gasteiger partial charge in [0.1, 0.15) is 0 Å². The first kappa shape index (κ1) is 27.4. The maximum atomic E-state index is 3.62. The van der Waals surface area contributed by atoms with Gasteiger partial charge in [-0.2, -0.15) is 45.4 Å². The molecular formula is C22H36N3Zr. The average Bonchev–Trinajstić information content (AvgIpc) is 2.76. The van der Waals surface area contributed by atoms with Crippen molar-refractivity contribution < 1.29 is 26.2 Å². The number of benzene rings is 1. The Morgan fingerprint density at radius 2 is 1.42 bits per heavy atom. The Morgan fingerprint density at radius 1 is 0.962 bits per heavy atom. The van der Waals surface area contributed by atoms with E-state index in [1.54, 1.807) is 28.2 Å². The average molecular weight is 434 g/mol. The first-order valence-electron chi connectivity index (χ1n) is 8.73. The summed E-state index contributed by atoms with van der Waals surface area (Å²) in [5.41, 5.74) is 6.94. The van der Waals surface area contributed by atoms with Gasteiger partial charge in [-0.15, -0.1) is 5.56 Å². The van der Waals surface area contributed by atoms with Crippen LogP contribution in [-0.4, -0.2) is 33.7 Å². The number of aryl methyl sites for hydroxylation is 1. The van der Waals surface area contributed by atoms with E-state index in [9.17, 15) is 0 Å². The Bertz CT molecular complexity index is 581. The Labute approximate surface area is 180 Å². The normalized spacial score (nSPS) is 9.88. The fourth-order valence-corrected chi connectivity index (χ4v) is 2.46. The van der Waals surface area contributed by atoms with Gasteiger partial charge in [-0.3, -0.25) is 0 Å². The third-order valence-electron chi connectivity index (χ3n) is 3.38. The molecule has 26 heavy (non-hydrogen) atoms. The fraction of sp³-hybridized carbons (Fsp3) is 0.500. The monoisotopic (exact) mass is 432 g/mol. The van der Waals surface area contributed by atoms with Gasteiger partial charge in [0.15, 0.2) is 0 Å². The van der Waals surface area contributed by atoms with Crippen LogP contribution in [0.25, 0.3) is 10.6 Å². The van der Waals surface area contributed by atoms with E-state index >= 15 is 0 Å². The summed E-state index contributed by atoms with van der Waals surface area (Å²) in [4.78, 5) is 0. The predicted molar refractivity (Wildman–Crippen MR) is 115 cm³/mol. The molecule has 0 amide bonds. The Balaban J connectivity index is 0. The minimum atomic E-state index is 0. The molecule has 1 radical (unpaired) electrons. The first-order valence-corrected chi connectivity index (χ1v) is 8.73. The van der Waals surface area contributed by atoms with Gasteiger partial charge < -0.3 is 16.0 Å². The zero-order chi connectivity index (χ0) is 19.5. The largest absolute Gasteiger partial charge is 3.00 e. The van der Waals surface area contributed by atoms with Crippen LogP contribution in [0.5, 0.6) is 0 Å². The Kier molecular flexibility index (Phi) is 15.0. The molecule has 0 bridgehead atoms. The molecule has 0 heterocycles. The van der Waals surface area contributed by atoms with E-state index in [1.807, 2.05) is 0 Å². The van der Waals surface area contributed by atoms with Gasteiger partial charge in [0.25, 0.3) is 0 Å². The molecule has 0 aliphatic carbocycles. The van der Waals surface area contributed by atoms with Crippen LogP contribution in [0.3, 0.4) is 0 Å². The van der Waals surface area contributed by atoms with E-state index in [0.29, 0.717) is 0 Å². The predicted octanol–water partition coefficient (Wildman–Crippen LogP) is 6.06. The minimum Gasteiger partial charge on any atom is -0.668 e. The van der Waals surface area contributed by atoms with Crippen LogP contribution in [0.2, 0.25) is 0 Å². The van der Waals surface area contributed by atoms with Crippen LogP contribution in [-0.2, 0) is 32.6 Å². The summed E-state index contributed by atoms with van der Waals surface area (Å²) in [6.07, 6.45) is 1.01. The quantitative estimate of drug-likeness (QED) is 0.587. The molecule has 0 aliphatic rings. The molecule has 0 saturated carbocycles. The summed E-state index contributed by atoms with van der Waals surface area (Å²) in [5, 5.41) is 10.6. The van der Waals surface area contributed by atoms with E-state index in [1.165, 1.54) is 27.9 Å². The van der Waals surface area contributed by atoms with Gasteiger partial charge in [0.05, 0.1) is 0 Å². The number of rotatable bonds is 3. The molecular weight excluding hydrogens is 397 g/mol.